The van der Waals surface area contributed by atoms with E-state index in [0.29, 0.717) is 13.2 Å². The topological polar surface area (TPSA) is 64.6 Å². The third kappa shape index (κ3) is 5.63. The molecule has 1 atom stereocenters. The van der Waals surface area contributed by atoms with Crippen molar-refractivity contribution >= 4 is 17.9 Å². The summed E-state index contributed by atoms with van der Waals surface area (Å²) in [7, 11) is 0. The van der Waals surface area contributed by atoms with E-state index in [1.165, 1.54) is 0 Å². The van der Waals surface area contributed by atoms with E-state index in [0.717, 1.165) is 36.5 Å². The molecule has 1 amide bonds. The summed E-state index contributed by atoms with van der Waals surface area (Å²) in [5.41, 5.74) is 0.358. The van der Waals surface area contributed by atoms with Crippen molar-refractivity contribution in [2.45, 2.75) is 63.3 Å². The average Bonchev–Trinajstić information content (AvgIpc) is 2.54. The molecule has 0 unspecified atom stereocenters. The van der Waals surface area contributed by atoms with E-state index in [4.69, 9.17) is 9.47 Å². The number of hydrogen-bond acceptors (Lipinski definition) is 6. The second-order valence-electron chi connectivity index (χ2n) is 6.85. The third-order valence-electron chi connectivity index (χ3n) is 3.73. The van der Waals surface area contributed by atoms with Crippen molar-refractivity contribution in [3.63, 3.8) is 0 Å². The van der Waals surface area contributed by atoms with Crippen molar-refractivity contribution in [1.82, 2.24) is 14.9 Å². The van der Waals surface area contributed by atoms with Crippen LogP contribution in [0.4, 0.5) is 4.79 Å². The molecule has 1 fully saturated rings. The van der Waals surface area contributed by atoms with E-state index < -0.39 is 5.60 Å². The highest BCUT2D eigenvalue weighted by molar-refractivity contribution is 7.98. The molecule has 1 aromatic heterocycles. The lowest BCUT2D eigenvalue weighted by molar-refractivity contribution is -0.0105. The van der Waals surface area contributed by atoms with Crippen LogP contribution in [0.15, 0.2) is 17.4 Å². The Kier molecular flexibility index (Phi) is 6.86. The Bertz CT molecular complexity index is 548. The van der Waals surface area contributed by atoms with Gasteiger partial charge in [-0.15, -0.1) is 11.8 Å². The molecule has 1 saturated heterocycles. The quantitative estimate of drug-likeness (QED) is 0.755. The predicted octanol–water partition coefficient (Wildman–Crippen LogP) is 3.50. The molecule has 6 nitrogen and oxygen atoms in total. The maximum Gasteiger partial charge on any atom is 0.410 e. The molecule has 0 aliphatic carbocycles. The molecule has 2 heterocycles. The van der Waals surface area contributed by atoms with Crippen molar-refractivity contribution in [3.05, 3.63) is 18.1 Å². The number of nitrogens with zero attached hydrogens (tertiary/aromatic N) is 3. The molecule has 24 heavy (non-hydrogen) atoms. The van der Waals surface area contributed by atoms with Crippen LogP contribution in [0.1, 0.15) is 45.7 Å². The Balaban J connectivity index is 1.90. The van der Waals surface area contributed by atoms with Crippen LogP contribution in [-0.2, 0) is 16.1 Å². The summed E-state index contributed by atoms with van der Waals surface area (Å²) in [5, 5.41) is 0.880. The van der Waals surface area contributed by atoms with Crippen molar-refractivity contribution < 1.29 is 14.3 Å². The fourth-order valence-electron chi connectivity index (χ4n) is 2.65. The van der Waals surface area contributed by atoms with Crippen LogP contribution in [0.25, 0.3) is 0 Å². The number of carbonyl (C=O) groups excluding carboxylic acids is 1. The monoisotopic (exact) mass is 353 g/mol. The number of rotatable bonds is 5. The minimum absolute atomic E-state index is 0.0583. The molecular weight excluding hydrogens is 326 g/mol. The molecule has 1 aliphatic heterocycles. The number of ether oxygens (including phenoxy) is 2. The van der Waals surface area contributed by atoms with Gasteiger partial charge in [0, 0.05) is 18.9 Å². The van der Waals surface area contributed by atoms with Crippen molar-refractivity contribution in [1.29, 1.82) is 0 Å². The van der Waals surface area contributed by atoms with Gasteiger partial charge >= 0.3 is 6.09 Å². The molecule has 0 saturated carbocycles. The zero-order valence-electron chi connectivity index (χ0n) is 14.9. The number of thioether (sulfide) groups is 1. The normalized spacial score (nSPS) is 18.5. The molecule has 7 heteroatoms. The highest BCUT2D eigenvalue weighted by Crippen LogP contribution is 2.21. The van der Waals surface area contributed by atoms with Gasteiger partial charge in [-0.25, -0.2) is 9.78 Å². The minimum atomic E-state index is -0.479. The van der Waals surface area contributed by atoms with Gasteiger partial charge in [-0.05, 0) is 46.3 Å². The number of likely N-dealkylation sites (tertiary alicyclic amines) is 1. The number of carbonyl (C=O) groups is 1. The summed E-state index contributed by atoms with van der Waals surface area (Å²) in [5.74, 6) is 0. The van der Waals surface area contributed by atoms with Gasteiger partial charge < -0.3 is 14.4 Å². The van der Waals surface area contributed by atoms with Crippen LogP contribution in [0.2, 0.25) is 0 Å². The minimum Gasteiger partial charge on any atom is -0.444 e. The summed E-state index contributed by atoms with van der Waals surface area (Å²) >= 11 is 1.56. The van der Waals surface area contributed by atoms with E-state index in [1.807, 2.05) is 27.0 Å². The van der Waals surface area contributed by atoms with Gasteiger partial charge in [0.1, 0.15) is 10.6 Å². The van der Waals surface area contributed by atoms with Gasteiger partial charge in [0.05, 0.1) is 24.9 Å². The zero-order valence-corrected chi connectivity index (χ0v) is 15.8. The van der Waals surface area contributed by atoms with Crippen molar-refractivity contribution in [2.24, 2.45) is 0 Å². The van der Waals surface area contributed by atoms with Gasteiger partial charge in [0.2, 0.25) is 0 Å². The standard InChI is InChI=1S/C17H27N3O3S/c1-17(2,3)23-16(21)20-10-6-5-7-13(20)11-22-12-14-15(24-4)19-9-8-18-14/h8-9,13H,5-7,10-12H2,1-4H3/t13-/m0/s1. The molecular formula is C17H27N3O3S. The Hall–Kier alpha value is -1.34. The molecule has 134 valence electrons. The number of piperidine rings is 1. The Morgan fingerprint density at radius 2 is 2.08 bits per heavy atom. The van der Waals surface area contributed by atoms with E-state index in [9.17, 15) is 4.79 Å². The first-order chi connectivity index (χ1) is 11.4. The maximum absolute atomic E-state index is 12.4. The lowest BCUT2D eigenvalue weighted by atomic mass is 10.0. The zero-order chi connectivity index (χ0) is 17.6. The molecule has 0 N–H and O–H groups in total. The highest BCUT2D eigenvalue weighted by atomic mass is 32.2. The Labute approximate surface area is 148 Å². The smallest absolute Gasteiger partial charge is 0.410 e. The number of aromatic nitrogens is 2. The van der Waals surface area contributed by atoms with Gasteiger partial charge in [-0.3, -0.25) is 4.98 Å². The molecule has 0 aromatic carbocycles. The van der Waals surface area contributed by atoms with Gasteiger partial charge in [-0.1, -0.05) is 0 Å². The highest BCUT2D eigenvalue weighted by Gasteiger charge is 2.30. The van der Waals surface area contributed by atoms with E-state index >= 15 is 0 Å². The van der Waals surface area contributed by atoms with Gasteiger partial charge in [0.25, 0.3) is 0 Å². The Morgan fingerprint density at radius 1 is 1.33 bits per heavy atom. The largest absolute Gasteiger partial charge is 0.444 e. The summed E-state index contributed by atoms with van der Waals surface area (Å²) in [6.45, 7) is 7.28. The second-order valence-corrected chi connectivity index (χ2v) is 7.65. The first kappa shape index (κ1) is 19.0. The predicted molar refractivity (Wildman–Crippen MR) is 94.0 cm³/mol. The fourth-order valence-corrected chi connectivity index (χ4v) is 3.16. The SMILES string of the molecule is CSc1nccnc1COC[C@@H]1CCCCN1C(=O)OC(C)(C)C. The lowest BCUT2D eigenvalue weighted by Gasteiger charge is -2.36. The first-order valence-corrected chi connectivity index (χ1v) is 9.54. The van der Waals surface area contributed by atoms with E-state index in [-0.39, 0.29) is 12.1 Å². The Morgan fingerprint density at radius 3 is 2.79 bits per heavy atom. The van der Waals surface area contributed by atoms with Crippen LogP contribution in [-0.4, -0.2) is 52.0 Å². The van der Waals surface area contributed by atoms with Crippen LogP contribution in [0, 0.1) is 0 Å². The van der Waals surface area contributed by atoms with E-state index in [1.54, 1.807) is 29.1 Å². The molecule has 0 radical (unpaired) electrons. The molecule has 0 bridgehead atoms. The number of hydrogen-bond donors (Lipinski definition) is 0. The van der Waals surface area contributed by atoms with Gasteiger partial charge in [-0.2, -0.15) is 0 Å². The van der Waals surface area contributed by atoms with E-state index in [2.05, 4.69) is 9.97 Å². The summed E-state index contributed by atoms with van der Waals surface area (Å²) in [4.78, 5) is 22.8. The van der Waals surface area contributed by atoms with Crippen molar-refractivity contribution in [3.8, 4) is 0 Å². The average molecular weight is 353 g/mol. The summed E-state index contributed by atoms with van der Waals surface area (Å²) in [6, 6.07) is 0.0583. The number of amides is 1. The van der Waals surface area contributed by atoms with Crippen molar-refractivity contribution in [2.75, 3.05) is 19.4 Å². The molecule has 2 rings (SSSR count). The summed E-state index contributed by atoms with van der Waals surface area (Å²) < 4.78 is 11.4. The fraction of sp³-hybridized carbons (Fsp3) is 0.706. The van der Waals surface area contributed by atoms with Crippen LogP contribution in [0.3, 0.4) is 0 Å². The van der Waals surface area contributed by atoms with Crippen LogP contribution < -0.4 is 0 Å². The molecule has 1 aromatic rings. The lowest BCUT2D eigenvalue weighted by Crippen LogP contribution is -2.48. The molecule has 1 aliphatic rings. The van der Waals surface area contributed by atoms with Crippen LogP contribution in [0.5, 0.6) is 0 Å². The third-order valence-corrected chi connectivity index (χ3v) is 4.46. The second kappa shape index (κ2) is 8.67. The van der Waals surface area contributed by atoms with Crippen LogP contribution >= 0.6 is 11.8 Å². The van der Waals surface area contributed by atoms with Gasteiger partial charge in [0.15, 0.2) is 0 Å². The maximum atomic E-state index is 12.4. The molecule has 0 spiro atoms. The summed E-state index contributed by atoms with van der Waals surface area (Å²) in [6.07, 6.45) is 8.13. The first-order valence-electron chi connectivity index (χ1n) is 8.32.